The molecule has 0 heterocycles. The molecule has 0 fully saturated rings. The Morgan fingerprint density at radius 3 is 2.38 bits per heavy atom. The van der Waals surface area contributed by atoms with Crippen LogP contribution in [0.25, 0.3) is 0 Å². The number of methoxy groups -OCH3 is 1. The molecule has 0 aromatic carbocycles. The zero-order valence-electron chi connectivity index (χ0n) is 8.89. The van der Waals surface area contributed by atoms with Gasteiger partial charge in [0, 0.05) is 26.7 Å². The van der Waals surface area contributed by atoms with E-state index in [4.69, 9.17) is 4.74 Å². The van der Waals surface area contributed by atoms with Crippen LogP contribution in [-0.2, 0) is 9.53 Å². The van der Waals surface area contributed by atoms with Gasteiger partial charge in [-0.05, 0) is 0 Å². The maximum absolute atomic E-state index is 11.7. The molecule has 0 aliphatic heterocycles. The molecule has 0 aliphatic rings. The van der Waals surface area contributed by atoms with E-state index >= 15 is 0 Å². The first-order valence-corrected chi connectivity index (χ1v) is 4.49. The van der Waals surface area contributed by atoms with E-state index < -0.39 is 18.5 Å². The molecule has 0 aromatic rings. The lowest BCUT2D eigenvalue weighted by Gasteiger charge is -2.08. The lowest BCUT2D eigenvalue weighted by Crippen LogP contribution is -2.35. The maximum atomic E-state index is 11.7. The van der Waals surface area contributed by atoms with Crippen molar-refractivity contribution < 1.29 is 22.7 Å². The second-order valence-corrected chi connectivity index (χ2v) is 2.88. The summed E-state index contributed by atoms with van der Waals surface area (Å²) in [5.74, 6) is -1.00. The maximum Gasteiger partial charge on any atom is 0.397 e. The van der Waals surface area contributed by atoms with Gasteiger partial charge in [-0.3, -0.25) is 4.79 Å². The number of ether oxygens (including phenoxy) is 1. The summed E-state index contributed by atoms with van der Waals surface area (Å²) >= 11 is 0. The van der Waals surface area contributed by atoms with E-state index in [1.807, 2.05) is 0 Å². The Balaban J connectivity index is 0. The number of alkyl halides is 3. The summed E-state index contributed by atoms with van der Waals surface area (Å²) in [5.41, 5.74) is 0. The number of amides is 1. The lowest BCUT2D eigenvalue weighted by molar-refractivity contribution is -0.153. The van der Waals surface area contributed by atoms with Crippen molar-refractivity contribution >= 4 is 18.3 Å². The van der Waals surface area contributed by atoms with Gasteiger partial charge in [0.2, 0.25) is 5.91 Å². The molecule has 0 saturated heterocycles. The van der Waals surface area contributed by atoms with Crippen molar-refractivity contribution in [3.8, 4) is 0 Å². The zero-order valence-corrected chi connectivity index (χ0v) is 9.71. The van der Waals surface area contributed by atoms with E-state index in [0.29, 0.717) is 19.7 Å². The molecule has 0 radical (unpaired) electrons. The molecule has 0 aliphatic carbocycles. The Bertz CT molecular complexity index is 191. The molecule has 4 nitrogen and oxygen atoms in total. The zero-order chi connectivity index (χ0) is 11.7. The first kappa shape index (κ1) is 17.9. The molecule has 8 heteroatoms. The van der Waals surface area contributed by atoms with Gasteiger partial charge in [-0.1, -0.05) is 0 Å². The highest BCUT2D eigenvalue weighted by atomic mass is 35.5. The third-order valence-corrected chi connectivity index (χ3v) is 1.47. The van der Waals surface area contributed by atoms with Gasteiger partial charge in [0.1, 0.15) is 6.42 Å². The molecule has 2 N–H and O–H groups in total. The van der Waals surface area contributed by atoms with Crippen LogP contribution in [0.15, 0.2) is 0 Å². The molecule has 16 heavy (non-hydrogen) atoms. The number of hydrogen-bond donors (Lipinski definition) is 2. The van der Waals surface area contributed by atoms with Crippen molar-refractivity contribution in [2.75, 3.05) is 33.4 Å². The fourth-order valence-corrected chi connectivity index (χ4v) is 0.834. The number of hydrogen-bond acceptors (Lipinski definition) is 3. The van der Waals surface area contributed by atoms with E-state index in [-0.39, 0.29) is 19.0 Å². The first-order chi connectivity index (χ1) is 6.95. The number of halogens is 4. The fraction of sp³-hybridized carbons (Fsp3) is 0.875. The van der Waals surface area contributed by atoms with E-state index in [1.165, 1.54) is 0 Å². The highest BCUT2D eigenvalue weighted by molar-refractivity contribution is 5.85. The molecule has 0 bridgehead atoms. The Morgan fingerprint density at radius 1 is 1.25 bits per heavy atom. The summed E-state index contributed by atoms with van der Waals surface area (Å²) in [6, 6.07) is 0. The van der Waals surface area contributed by atoms with Crippen LogP contribution in [0.3, 0.4) is 0 Å². The highest BCUT2D eigenvalue weighted by Gasteiger charge is 2.30. The van der Waals surface area contributed by atoms with Gasteiger partial charge in [-0.25, -0.2) is 0 Å². The van der Waals surface area contributed by atoms with Gasteiger partial charge in [-0.15, -0.1) is 12.4 Å². The molecule has 0 rings (SSSR count). The minimum atomic E-state index is -4.44. The number of rotatable bonds is 7. The lowest BCUT2D eigenvalue weighted by atomic mass is 10.4. The van der Waals surface area contributed by atoms with Crippen LogP contribution in [0, 0.1) is 0 Å². The molecular formula is C8H16ClF3N2O2. The molecule has 0 spiro atoms. The molecule has 0 saturated carbocycles. The van der Waals surface area contributed by atoms with Gasteiger partial charge in [0.05, 0.1) is 6.61 Å². The largest absolute Gasteiger partial charge is 0.397 e. The Hall–Kier alpha value is -0.530. The van der Waals surface area contributed by atoms with Gasteiger partial charge in [-0.2, -0.15) is 13.2 Å². The van der Waals surface area contributed by atoms with Crippen molar-refractivity contribution in [1.82, 2.24) is 10.6 Å². The molecule has 0 aromatic heterocycles. The standard InChI is InChI=1S/C8H15F3N2O2.ClH/c1-15-5-4-12-2-3-13-7(14)6-8(9,10)11;/h12H,2-6H2,1H3,(H,13,14);1H. The summed E-state index contributed by atoms with van der Waals surface area (Å²) in [6.45, 7) is 1.73. The second-order valence-electron chi connectivity index (χ2n) is 2.88. The van der Waals surface area contributed by atoms with E-state index in [2.05, 4.69) is 10.6 Å². The third kappa shape index (κ3) is 13.5. The summed E-state index contributed by atoms with van der Waals surface area (Å²) in [7, 11) is 1.55. The smallest absolute Gasteiger partial charge is 0.383 e. The van der Waals surface area contributed by atoms with Crippen LogP contribution < -0.4 is 10.6 Å². The van der Waals surface area contributed by atoms with Gasteiger partial charge in [0.15, 0.2) is 0 Å². The number of carbonyl (C=O) groups is 1. The Labute approximate surface area is 98.3 Å². The SMILES string of the molecule is COCCNCCNC(=O)CC(F)(F)F.Cl. The van der Waals surface area contributed by atoms with Crippen LogP contribution in [0.5, 0.6) is 0 Å². The van der Waals surface area contributed by atoms with Crippen molar-refractivity contribution in [2.45, 2.75) is 12.6 Å². The third-order valence-electron chi connectivity index (χ3n) is 1.47. The summed E-state index contributed by atoms with van der Waals surface area (Å²) in [4.78, 5) is 10.7. The van der Waals surface area contributed by atoms with E-state index in [0.717, 1.165) is 0 Å². The van der Waals surface area contributed by atoms with Crippen LogP contribution in [0.4, 0.5) is 13.2 Å². The minimum absolute atomic E-state index is 0. The van der Waals surface area contributed by atoms with Gasteiger partial charge in [0.25, 0.3) is 0 Å². The molecule has 0 atom stereocenters. The van der Waals surface area contributed by atoms with Crippen molar-refractivity contribution in [3.63, 3.8) is 0 Å². The van der Waals surface area contributed by atoms with Crippen molar-refractivity contribution in [2.24, 2.45) is 0 Å². The predicted octanol–water partition coefficient (Wildman–Crippen LogP) is 0.713. The van der Waals surface area contributed by atoms with E-state index in [9.17, 15) is 18.0 Å². The van der Waals surface area contributed by atoms with Crippen LogP contribution in [0.1, 0.15) is 6.42 Å². The summed E-state index contributed by atoms with van der Waals surface area (Å²) < 4.78 is 39.8. The second kappa shape index (κ2) is 9.68. The van der Waals surface area contributed by atoms with Crippen molar-refractivity contribution in [3.05, 3.63) is 0 Å². The van der Waals surface area contributed by atoms with Crippen LogP contribution in [-0.4, -0.2) is 45.4 Å². The molecular weight excluding hydrogens is 249 g/mol. The monoisotopic (exact) mass is 264 g/mol. The van der Waals surface area contributed by atoms with Gasteiger partial charge < -0.3 is 15.4 Å². The average molecular weight is 265 g/mol. The highest BCUT2D eigenvalue weighted by Crippen LogP contribution is 2.18. The fourth-order valence-electron chi connectivity index (χ4n) is 0.834. The predicted molar refractivity (Wildman–Crippen MR) is 55.7 cm³/mol. The minimum Gasteiger partial charge on any atom is -0.383 e. The first-order valence-electron chi connectivity index (χ1n) is 4.49. The van der Waals surface area contributed by atoms with Crippen molar-refractivity contribution in [1.29, 1.82) is 0 Å². The summed E-state index contributed by atoms with van der Waals surface area (Å²) in [6.07, 6.45) is -5.86. The quantitative estimate of drug-likeness (QED) is 0.666. The topological polar surface area (TPSA) is 50.4 Å². The van der Waals surface area contributed by atoms with Gasteiger partial charge >= 0.3 is 6.18 Å². The Kier molecular flexibility index (Phi) is 10.8. The Morgan fingerprint density at radius 2 is 1.88 bits per heavy atom. The molecule has 0 unspecified atom stereocenters. The number of carbonyl (C=O) groups excluding carboxylic acids is 1. The molecule has 98 valence electrons. The van der Waals surface area contributed by atoms with Crippen LogP contribution in [0.2, 0.25) is 0 Å². The average Bonchev–Trinajstić information content (AvgIpc) is 2.08. The number of nitrogens with one attached hydrogen (secondary N) is 2. The molecule has 1 amide bonds. The normalized spacial score (nSPS) is 10.8. The van der Waals surface area contributed by atoms with E-state index in [1.54, 1.807) is 7.11 Å². The summed E-state index contributed by atoms with van der Waals surface area (Å²) in [5, 5.41) is 5.04. The van der Waals surface area contributed by atoms with Crippen LogP contribution >= 0.6 is 12.4 Å².